The van der Waals surface area contributed by atoms with Crippen LogP contribution < -0.4 is 0 Å². The second kappa shape index (κ2) is 5.89. The van der Waals surface area contributed by atoms with Crippen LogP contribution in [0.4, 0.5) is 0 Å². The van der Waals surface area contributed by atoms with E-state index in [1.54, 1.807) is 7.05 Å². The second-order valence-corrected chi connectivity index (χ2v) is 10.3. The molecule has 1 nitrogen and oxygen atoms in total. The number of rotatable bonds is 2. The molecule has 0 heterocycles. The van der Waals surface area contributed by atoms with Crippen LogP contribution in [0.5, 0.6) is 0 Å². The van der Waals surface area contributed by atoms with Gasteiger partial charge in [0.15, 0.2) is 0 Å². The molecule has 0 saturated carbocycles. The quantitative estimate of drug-likeness (QED) is 0.454. The van der Waals surface area contributed by atoms with Gasteiger partial charge in [0.25, 0.3) is 0 Å². The number of halogens is 2. The Balaban J connectivity index is 2.31. The molecule has 104 valence electrons. The molecule has 0 atom stereocenters. The fourth-order valence-corrected chi connectivity index (χ4v) is 5.83. The van der Waals surface area contributed by atoms with Crippen molar-refractivity contribution in [2.24, 2.45) is 4.99 Å². The molecule has 0 fully saturated rings. The maximum absolute atomic E-state index is 6.38. The molecule has 3 rings (SSSR count). The van der Waals surface area contributed by atoms with Gasteiger partial charge in [-0.05, 0) is 0 Å². The number of hydrogen-bond donors (Lipinski definition) is 0. The summed E-state index contributed by atoms with van der Waals surface area (Å²) >= 11 is -1.99. The number of aliphatic imine (C=N–C) groups is 1. The Bertz CT molecular complexity index is 731. The van der Waals surface area contributed by atoms with Gasteiger partial charge in [-0.25, -0.2) is 0 Å². The van der Waals surface area contributed by atoms with Crippen molar-refractivity contribution in [2.75, 3.05) is 7.05 Å². The third kappa shape index (κ3) is 2.31. The summed E-state index contributed by atoms with van der Waals surface area (Å²) in [6, 6.07) is 14.8. The fourth-order valence-electron chi connectivity index (χ4n) is 2.61. The van der Waals surface area contributed by atoms with E-state index in [1.165, 1.54) is 27.8 Å². The summed E-state index contributed by atoms with van der Waals surface area (Å²) in [6.07, 6.45) is 2.74. The standard InChI is InChI=1S/C16H13N.2ClH.Ru/c1-17-10-9-12-6-4-8-15-14-7-3-2-5-13(14)11-16(12)15;;;/h2-8,10H,9H2,1H3;2*1H;/q;;;+2/p-2. The van der Waals surface area contributed by atoms with Crippen molar-refractivity contribution in [3.8, 4) is 11.1 Å². The van der Waals surface area contributed by atoms with Crippen LogP contribution in [0.3, 0.4) is 0 Å². The molecular formula is C16H13Cl2NRu. The van der Waals surface area contributed by atoms with E-state index in [-0.39, 0.29) is 0 Å². The molecule has 0 amide bonds. The topological polar surface area (TPSA) is 12.4 Å². The van der Waals surface area contributed by atoms with E-state index < -0.39 is 13.5 Å². The molecule has 0 aromatic heterocycles. The van der Waals surface area contributed by atoms with Crippen molar-refractivity contribution in [3.63, 3.8) is 0 Å². The number of hydrogen-bond acceptors (Lipinski definition) is 1. The monoisotopic (exact) mass is 391 g/mol. The van der Waals surface area contributed by atoms with Crippen molar-refractivity contribution in [3.05, 3.63) is 59.2 Å². The van der Waals surface area contributed by atoms with Crippen LogP contribution in [0.2, 0.25) is 0 Å². The summed E-state index contributed by atoms with van der Waals surface area (Å²) in [6.45, 7) is 0. The van der Waals surface area contributed by atoms with Crippen LogP contribution >= 0.6 is 19.4 Å². The Morgan fingerprint density at radius 1 is 1.00 bits per heavy atom. The minimum atomic E-state index is -1.99. The van der Waals surface area contributed by atoms with Crippen molar-refractivity contribution in [2.45, 2.75) is 6.42 Å². The van der Waals surface area contributed by atoms with Crippen LogP contribution in [0.1, 0.15) is 16.7 Å². The Morgan fingerprint density at radius 3 is 2.40 bits per heavy atom. The van der Waals surface area contributed by atoms with Crippen molar-refractivity contribution in [1.29, 1.82) is 0 Å². The first kappa shape index (κ1) is 14.1. The van der Waals surface area contributed by atoms with Gasteiger partial charge in [-0.15, -0.1) is 0 Å². The van der Waals surface area contributed by atoms with Crippen LogP contribution in [0.25, 0.3) is 11.1 Å². The van der Waals surface area contributed by atoms with E-state index >= 15 is 0 Å². The molecule has 0 spiro atoms. The van der Waals surface area contributed by atoms with Crippen LogP contribution in [-0.4, -0.2) is 17.4 Å². The van der Waals surface area contributed by atoms with Gasteiger partial charge in [0.2, 0.25) is 0 Å². The van der Waals surface area contributed by atoms with Gasteiger partial charge in [-0.3, -0.25) is 0 Å². The molecule has 0 unspecified atom stereocenters. The molecule has 2 aromatic carbocycles. The molecule has 0 bridgehead atoms. The van der Waals surface area contributed by atoms with Crippen LogP contribution in [-0.2, 0) is 19.9 Å². The summed E-state index contributed by atoms with van der Waals surface area (Å²) in [7, 11) is 14.6. The van der Waals surface area contributed by atoms with Gasteiger partial charge in [0.05, 0.1) is 0 Å². The molecule has 0 radical (unpaired) electrons. The molecule has 1 aliphatic rings. The zero-order valence-corrected chi connectivity index (χ0v) is 14.1. The van der Waals surface area contributed by atoms with E-state index in [4.69, 9.17) is 19.4 Å². The Morgan fingerprint density at radius 2 is 1.70 bits per heavy atom. The molecule has 0 N–H and O–H groups in total. The zero-order valence-electron chi connectivity index (χ0n) is 10.9. The second-order valence-electron chi connectivity index (χ2n) is 4.52. The van der Waals surface area contributed by atoms with E-state index in [0.29, 0.717) is 0 Å². The number of benzene rings is 2. The van der Waals surface area contributed by atoms with Gasteiger partial charge in [0.1, 0.15) is 0 Å². The molecule has 1 aliphatic carbocycles. The van der Waals surface area contributed by atoms with E-state index in [2.05, 4.69) is 41.4 Å². The Labute approximate surface area is 131 Å². The maximum atomic E-state index is 6.38. The third-order valence-electron chi connectivity index (χ3n) is 3.44. The van der Waals surface area contributed by atoms with Crippen LogP contribution in [0, 0.1) is 0 Å². The predicted molar refractivity (Wildman–Crippen MR) is 84.9 cm³/mol. The van der Waals surface area contributed by atoms with Gasteiger partial charge < -0.3 is 0 Å². The first-order valence-electron chi connectivity index (χ1n) is 6.23. The Kier molecular flexibility index (Phi) is 4.16. The van der Waals surface area contributed by atoms with Crippen molar-refractivity contribution < 1.29 is 13.5 Å². The molecule has 4 heteroatoms. The third-order valence-corrected chi connectivity index (χ3v) is 6.58. The molecule has 20 heavy (non-hydrogen) atoms. The average Bonchev–Trinajstić information content (AvgIpc) is 2.80. The molecule has 0 aliphatic heterocycles. The summed E-state index contributed by atoms with van der Waals surface area (Å²) in [5.41, 5.74) is 6.18. The number of fused-ring (bicyclic) bond motifs is 3. The summed E-state index contributed by atoms with van der Waals surface area (Å²) in [5.74, 6) is 0. The van der Waals surface area contributed by atoms with Crippen LogP contribution in [0.15, 0.2) is 47.5 Å². The first-order valence-corrected chi connectivity index (χ1v) is 11.6. The normalized spacial score (nSPS) is 13.6. The fraction of sp³-hybridized carbons (Fsp3) is 0.125. The van der Waals surface area contributed by atoms with E-state index in [9.17, 15) is 0 Å². The zero-order chi connectivity index (χ0) is 14.1. The van der Waals surface area contributed by atoms with E-state index in [0.717, 1.165) is 10.5 Å². The van der Waals surface area contributed by atoms with Gasteiger partial charge in [0, 0.05) is 0 Å². The summed E-state index contributed by atoms with van der Waals surface area (Å²) < 4.78 is 1.16. The van der Waals surface area contributed by atoms with Crippen molar-refractivity contribution >= 4 is 29.7 Å². The SMILES string of the molecule is CN=CCc1cccc2c1[C](=[Ru]([Cl])[Cl])c1ccccc1-2. The summed E-state index contributed by atoms with van der Waals surface area (Å²) in [4.78, 5) is 4.09. The van der Waals surface area contributed by atoms with Crippen molar-refractivity contribution in [1.82, 2.24) is 0 Å². The van der Waals surface area contributed by atoms with Gasteiger partial charge in [-0.1, -0.05) is 0 Å². The Hall–Kier alpha value is -0.817. The number of nitrogens with zero attached hydrogens (tertiary/aromatic N) is 1. The van der Waals surface area contributed by atoms with Gasteiger partial charge in [-0.2, -0.15) is 0 Å². The minimum absolute atomic E-state index is 0.812. The molecule has 2 aromatic rings. The molecule has 0 saturated heterocycles. The molecular weight excluding hydrogens is 378 g/mol. The first-order chi connectivity index (χ1) is 9.74. The van der Waals surface area contributed by atoms with E-state index in [1.807, 2.05) is 12.3 Å². The predicted octanol–water partition coefficient (Wildman–Crippen LogP) is 4.40. The average molecular weight is 391 g/mol. The van der Waals surface area contributed by atoms with Gasteiger partial charge >= 0.3 is 132 Å². The summed E-state index contributed by atoms with van der Waals surface area (Å²) in [5, 5.41) is 0.